The van der Waals surface area contributed by atoms with E-state index in [0.29, 0.717) is 12.3 Å². The molecule has 0 unspecified atom stereocenters. The van der Waals surface area contributed by atoms with Gasteiger partial charge in [-0.05, 0) is 74.1 Å². The molecule has 5 rings (SSSR count). The maximum absolute atomic E-state index is 14.7. The normalized spacial score (nSPS) is 27.2. The van der Waals surface area contributed by atoms with Gasteiger partial charge in [0.15, 0.2) is 11.6 Å². The van der Waals surface area contributed by atoms with Crippen molar-refractivity contribution < 1.29 is 45.0 Å². The van der Waals surface area contributed by atoms with Gasteiger partial charge in [0.1, 0.15) is 5.75 Å². The fourth-order valence-electron chi connectivity index (χ4n) is 6.28. The zero-order valence-electron chi connectivity index (χ0n) is 22.3. The van der Waals surface area contributed by atoms with Crippen LogP contribution in [0.5, 0.6) is 11.5 Å². The first-order valence-electron chi connectivity index (χ1n) is 13.4. The van der Waals surface area contributed by atoms with Gasteiger partial charge in [-0.25, -0.2) is 12.8 Å². The molecule has 0 radical (unpaired) electrons. The molecule has 4 atom stereocenters. The van der Waals surface area contributed by atoms with Gasteiger partial charge in [0.2, 0.25) is 5.91 Å². The first kappa shape index (κ1) is 29.2. The number of anilines is 1. The summed E-state index contributed by atoms with van der Waals surface area (Å²) in [6, 6.07) is 5.74. The largest absolute Gasteiger partial charge is 0.501 e. The molecule has 3 aliphatic rings. The van der Waals surface area contributed by atoms with Crippen molar-refractivity contribution in [2.75, 3.05) is 12.4 Å². The molecule has 0 saturated heterocycles. The number of alkyl halides is 3. The first-order chi connectivity index (χ1) is 19.3. The number of carbonyl (C=O) groups excluding carboxylic acids is 2. The molecular weight excluding hydrogens is 568 g/mol. The number of sulfone groups is 1. The second-order valence-corrected chi connectivity index (χ2v) is 13.1. The predicted octanol–water partition coefficient (Wildman–Crippen LogP) is 5.09. The number of hydrogen-bond donors (Lipinski definition) is 2. The molecular formula is C28H30F4N2O6S. The van der Waals surface area contributed by atoms with E-state index in [1.165, 1.54) is 19.2 Å². The van der Waals surface area contributed by atoms with E-state index in [1.54, 1.807) is 0 Å². The van der Waals surface area contributed by atoms with Crippen LogP contribution in [-0.2, 0) is 14.6 Å². The summed E-state index contributed by atoms with van der Waals surface area (Å²) in [6.45, 7) is 2.06. The Morgan fingerprint density at radius 2 is 1.71 bits per heavy atom. The molecule has 2 aromatic carbocycles. The van der Waals surface area contributed by atoms with Gasteiger partial charge in [-0.3, -0.25) is 9.59 Å². The number of halogens is 4. The quantitative estimate of drug-likeness (QED) is 0.410. The Morgan fingerprint density at radius 3 is 2.37 bits per heavy atom. The van der Waals surface area contributed by atoms with E-state index in [2.05, 4.69) is 17.6 Å². The van der Waals surface area contributed by atoms with Gasteiger partial charge in [0.25, 0.3) is 15.7 Å². The lowest BCUT2D eigenvalue weighted by Crippen LogP contribution is -2.48. The van der Waals surface area contributed by atoms with Gasteiger partial charge in [-0.1, -0.05) is 13.0 Å². The van der Waals surface area contributed by atoms with Crippen LogP contribution in [-0.4, -0.2) is 45.0 Å². The van der Waals surface area contributed by atoms with Crippen LogP contribution in [0.4, 0.5) is 23.2 Å². The summed E-state index contributed by atoms with van der Waals surface area (Å²) in [7, 11) is -4.29. The highest BCUT2D eigenvalue weighted by Crippen LogP contribution is 2.49. The molecule has 3 fully saturated rings. The summed E-state index contributed by atoms with van der Waals surface area (Å²) < 4.78 is 88.4. The van der Waals surface area contributed by atoms with Gasteiger partial charge in [-0.15, -0.1) is 0 Å². The Hall–Kier alpha value is -3.35. The van der Waals surface area contributed by atoms with Gasteiger partial charge in [0, 0.05) is 17.8 Å². The van der Waals surface area contributed by atoms with E-state index in [1.807, 2.05) is 0 Å². The number of ether oxygens (including phenoxy) is 2. The fourth-order valence-corrected chi connectivity index (χ4v) is 7.09. The number of carbonyl (C=O) groups is 2. The molecule has 41 heavy (non-hydrogen) atoms. The van der Waals surface area contributed by atoms with Crippen LogP contribution < -0.4 is 20.1 Å². The van der Waals surface area contributed by atoms with Crippen LogP contribution >= 0.6 is 0 Å². The summed E-state index contributed by atoms with van der Waals surface area (Å²) >= 11 is 0. The average molecular weight is 599 g/mol. The number of benzene rings is 2. The topological polar surface area (TPSA) is 111 Å². The summed E-state index contributed by atoms with van der Waals surface area (Å²) in [4.78, 5) is 25.8. The van der Waals surface area contributed by atoms with E-state index in [-0.39, 0.29) is 40.7 Å². The molecule has 3 aliphatic carbocycles. The molecule has 13 heteroatoms. The van der Waals surface area contributed by atoms with Crippen molar-refractivity contribution in [3.63, 3.8) is 0 Å². The van der Waals surface area contributed by atoms with E-state index >= 15 is 0 Å². The van der Waals surface area contributed by atoms with Gasteiger partial charge in [0.05, 0.1) is 29.6 Å². The van der Waals surface area contributed by atoms with Crippen molar-refractivity contribution in [3.05, 3.63) is 47.8 Å². The molecule has 2 N–H and O–H groups in total. The summed E-state index contributed by atoms with van der Waals surface area (Å²) in [5, 5.41) is 5.44. The van der Waals surface area contributed by atoms with Gasteiger partial charge < -0.3 is 20.1 Å². The number of fused-ring (bicyclic) bond motifs is 2. The van der Waals surface area contributed by atoms with Gasteiger partial charge in [-0.2, -0.15) is 13.2 Å². The maximum atomic E-state index is 14.7. The summed E-state index contributed by atoms with van der Waals surface area (Å²) in [5.41, 5.74) is -5.55. The number of amides is 2. The van der Waals surface area contributed by atoms with Crippen LogP contribution in [0.1, 0.15) is 49.4 Å². The third-order valence-electron chi connectivity index (χ3n) is 8.36. The molecule has 2 amide bonds. The minimum absolute atomic E-state index is 0.00109. The molecule has 222 valence electrons. The predicted molar refractivity (Wildman–Crippen MR) is 140 cm³/mol. The van der Waals surface area contributed by atoms with Crippen molar-refractivity contribution in [1.82, 2.24) is 5.32 Å². The van der Waals surface area contributed by atoms with Crippen molar-refractivity contribution in [1.29, 1.82) is 0 Å². The van der Waals surface area contributed by atoms with E-state index in [9.17, 15) is 35.6 Å². The summed E-state index contributed by atoms with van der Waals surface area (Å²) in [5.74, 6) is -2.19. The lowest BCUT2D eigenvalue weighted by molar-refractivity contribution is -0.122. The van der Waals surface area contributed by atoms with Crippen molar-refractivity contribution in [2.24, 2.45) is 23.7 Å². The second-order valence-electron chi connectivity index (χ2n) is 11.1. The van der Waals surface area contributed by atoms with Crippen molar-refractivity contribution in [2.45, 2.75) is 61.6 Å². The molecule has 0 aliphatic heterocycles. The Bertz CT molecular complexity index is 1460. The average Bonchev–Trinajstić information content (AvgIpc) is 3.50. The minimum Gasteiger partial charge on any atom is -0.496 e. The van der Waals surface area contributed by atoms with Crippen molar-refractivity contribution in [3.8, 4) is 11.5 Å². The Morgan fingerprint density at radius 1 is 1.00 bits per heavy atom. The van der Waals surface area contributed by atoms with Crippen LogP contribution in [0.2, 0.25) is 0 Å². The van der Waals surface area contributed by atoms with Crippen LogP contribution in [0.15, 0.2) is 41.3 Å². The third-order valence-corrected chi connectivity index (χ3v) is 9.84. The fraction of sp³-hybridized carbons (Fsp3) is 0.500. The number of methoxy groups -OCH3 is 1. The lowest BCUT2D eigenvalue weighted by Gasteiger charge is -2.33. The molecule has 2 aromatic rings. The molecule has 3 saturated carbocycles. The monoisotopic (exact) mass is 598 g/mol. The number of hydrogen-bond acceptors (Lipinski definition) is 6. The summed E-state index contributed by atoms with van der Waals surface area (Å²) in [6.07, 6.45) is 3.58. The molecule has 0 spiro atoms. The molecule has 0 aromatic heterocycles. The standard InChI is InChI=1S/C28H30F4N2O6S/c1-14-8-18(9-14)40-23-12-20(22(39-2)13-21(23)29)26(35)34-25-16-7-6-15(10-16)24(25)27(36)33-17-4-3-5-19(11-17)41(37,38)28(30,31)32/h3-5,11-16,18,24-25H,6-10H2,1-2H3,(H,33,36)(H,34,35)/t14-,15-,16+,18-,24-,25+/m0/s1. The Labute approximate surface area is 234 Å². The van der Waals surface area contributed by atoms with E-state index < -0.39 is 49.8 Å². The van der Waals surface area contributed by atoms with Crippen LogP contribution in [0.3, 0.4) is 0 Å². The minimum atomic E-state index is -5.60. The first-order valence-corrected chi connectivity index (χ1v) is 14.8. The van der Waals surface area contributed by atoms with Gasteiger partial charge >= 0.3 is 5.51 Å². The zero-order valence-corrected chi connectivity index (χ0v) is 23.1. The highest BCUT2D eigenvalue weighted by atomic mass is 32.2. The highest BCUT2D eigenvalue weighted by molar-refractivity contribution is 7.92. The SMILES string of the molecule is COc1cc(F)c(O[C@H]2C[C@H](C)C2)cc1C(=O)N[C@@H]1[C@@H]2CC[C@@H](C2)[C@@H]1C(=O)Nc1cccc(S(=O)(=O)C(F)(F)F)c1. The van der Waals surface area contributed by atoms with E-state index in [4.69, 9.17) is 9.47 Å². The van der Waals surface area contributed by atoms with E-state index in [0.717, 1.165) is 49.9 Å². The second kappa shape index (κ2) is 10.8. The molecule has 0 heterocycles. The molecule has 8 nitrogen and oxygen atoms in total. The third kappa shape index (κ3) is 5.60. The van der Waals surface area contributed by atoms with Crippen molar-refractivity contribution >= 4 is 27.3 Å². The highest BCUT2D eigenvalue weighted by Gasteiger charge is 2.52. The van der Waals surface area contributed by atoms with Crippen LogP contribution in [0.25, 0.3) is 0 Å². The number of rotatable bonds is 8. The lowest BCUT2D eigenvalue weighted by atomic mass is 9.83. The van der Waals surface area contributed by atoms with Crippen LogP contribution in [0, 0.1) is 29.5 Å². The zero-order chi connectivity index (χ0) is 29.7. The Balaban J connectivity index is 1.34. The maximum Gasteiger partial charge on any atom is 0.501 e. The Kier molecular flexibility index (Phi) is 7.68. The molecule has 2 bridgehead atoms. The smallest absolute Gasteiger partial charge is 0.496 e. The number of nitrogens with one attached hydrogen (secondary N) is 2.